The number of rotatable bonds is 2. The van der Waals surface area contributed by atoms with Gasteiger partial charge in [0.25, 0.3) is 0 Å². The van der Waals surface area contributed by atoms with Crippen LogP contribution in [0.25, 0.3) is 0 Å². The summed E-state index contributed by atoms with van der Waals surface area (Å²) in [4.78, 5) is 13.2. The summed E-state index contributed by atoms with van der Waals surface area (Å²) in [6, 6.07) is 2.04. The van der Waals surface area contributed by atoms with Gasteiger partial charge in [-0.25, -0.2) is 0 Å². The van der Waals surface area contributed by atoms with Crippen molar-refractivity contribution in [1.82, 2.24) is 0 Å². The van der Waals surface area contributed by atoms with Gasteiger partial charge in [0.1, 0.15) is 0 Å². The standard InChI is InChI=1S/C12H16OS/c1-9-5-8-14-10(9)11(13)12(2)6-3-4-7-12/h5,8H,3-4,6-7H2,1-2H3. The Morgan fingerprint density at radius 3 is 2.57 bits per heavy atom. The zero-order valence-electron chi connectivity index (χ0n) is 8.80. The van der Waals surface area contributed by atoms with E-state index in [2.05, 4.69) is 6.92 Å². The van der Waals surface area contributed by atoms with Gasteiger partial charge in [0.05, 0.1) is 4.88 Å². The molecule has 0 amide bonds. The number of ketones is 1. The SMILES string of the molecule is Cc1ccsc1C(=O)C1(C)CCCC1. The maximum atomic E-state index is 12.3. The average molecular weight is 208 g/mol. The van der Waals surface area contributed by atoms with Crippen LogP contribution in [0.1, 0.15) is 47.8 Å². The van der Waals surface area contributed by atoms with Gasteiger partial charge in [-0.15, -0.1) is 11.3 Å². The Kier molecular flexibility index (Phi) is 2.48. The number of hydrogen-bond donors (Lipinski definition) is 0. The molecule has 1 saturated carbocycles. The molecular weight excluding hydrogens is 192 g/mol. The molecule has 0 bridgehead atoms. The van der Waals surface area contributed by atoms with Crippen molar-refractivity contribution >= 4 is 17.1 Å². The van der Waals surface area contributed by atoms with Gasteiger partial charge in [-0.3, -0.25) is 4.79 Å². The Labute approximate surface area is 89.1 Å². The van der Waals surface area contributed by atoms with Gasteiger partial charge in [-0.05, 0) is 36.8 Å². The van der Waals surface area contributed by atoms with E-state index in [0.29, 0.717) is 5.78 Å². The molecule has 0 atom stereocenters. The van der Waals surface area contributed by atoms with Gasteiger partial charge in [-0.1, -0.05) is 19.8 Å². The number of aryl methyl sites for hydroxylation is 1. The second-order valence-corrected chi connectivity index (χ2v) is 5.45. The van der Waals surface area contributed by atoms with Crippen LogP contribution in [0.3, 0.4) is 0 Å². The zero-order valence-corrected chi connectivity index (χ0v) is 9.62. The van der Waals surface area contributed by atoms with E-state index in [1.165, 1.54) is 12.8 Å². The normalized spacial score (nSPS) is 19.9. The van der Waals surface area contributed by atoms with Crippen molar-refractivity contribution in [3.8, 4) is 0 Å². The smallest absolute Gasteiger partial charge is 0.178 e. The molecule has 1 aromatic rings. The van der Waals surface area contributed by atoms with Crippen LogP contribution in [0.15, 0.2) is 11.4 Å². The summed E-state index contributed by atoms with van der Waals surface area (Å²) < 4.78 is 0. The summed E-state index contributed by atoms with van der Waals surface area (Å²) in [5.74, 6) is 0.377. The van der Waals surface area contributed by atoms with Gasteiger partial charge in [-0.2, -0.15) is 0 Å². The molecule has 1 aromatic heterocycles. The Balaban J connectivity index is 2.28. The molecule has 0 aromatic carbocycles. The first-order chi connectivity index (χ1) is 6.63. The first-order valence-electron chi connectivity index (χ1n) is 5.22. The summed E-state index contributed by atoms with van der Waals surface area (Å²) in [5.41, 5.74) is 1.09. The second kappa shape index (κ2) is 3.50. The summed E-state index contributed by atoms with van der Waals surface area (Å²) in [5, 5.41) is 2.01. The minimum absolute atomic E-state index is 0.0599. The number of hydrogen-bond acceptors (Lipinski definition) is 2. The number of carbonyl (C=O) groups is 1. The van der Waals surface area contributed by atoms with E-state index in [9.17, 15) is 4.79 Å². The van der Waals surface area contributed by atoms with E-state index < -0.39 is 0 Å². The van der Waals surface area contributed by atoms with Crippen LogP contribution < -0.4 is 0 Å². The van der Waals surface area contributed by atoms with Crippen LogP contribution in [0, 0.1) is 12.3 Å². The molecule has 2 rings (SSSR count). The molecule has 0 aliphatic heterocycles. The van der Waals surface area contributed by atoms with Gasteiger partial charge < -0.3 is 0 Å². The van der Waals surface area contributed by atoms with Gasteiger partial charge in [0, 0.05) is 5.41 Å². The number of Topliss-reactive ketones (excluding diaryl/α,β-unsaturated/α-hetero) is 1. The van der Waals surface area contributed by atoms with E-state index in [-0.39, 0.29) is 5.41 Å². The lowest BCUT2D eigenvalue weighted by Gasteiger charge is -2.21. The largest absolute Gasteiger partial charge is 0.293 e. The van der Waals surface area contributed by atoms with E-state index in [1.54, 1.807) is 11.3 Å². The topological polar surface area (TPSA) is 17.1 Å². The molecule has 1 fully saturated rings. The van der Waals surface area contributed by atoms with E-state index in [4.69, 9.17) is 0 Å². The first kappa shape index (κ1) is 9.91. The van der Waals surface area contributed by atoms with Crippen LogP contribution >= 0.6 is 11.3 Å². The van der Waals surface area contributed by atoms with Crippen molar-refractivity contribution in [2.75, 3.05) is 0 Å². The lowest BCUT2D eigenvalue weighted by atomic mass is 9.83. The highest BCUT2D eigenvalue weighted by molar-refractivity contribution is 7.12. The minimum Gasteiger partial charge on any atom is -0.293 e. The third-order valence-electron chi connectivity index (χ3n) is 3.32. The van der Waals surface area contributed by atoms with Gasteiger partial charge in [0.15, 0.2) is 5.78 Å². The molecule has 1 nitrogen and oxygen atoms in total. The summed E-state index contributed by atoms with van der Waals surface area (Å²) in [7, 11) is 0. The van der Waals surface area contributed by atoms with Crippen molar-refractivity contribution in [2.45, 2.75) is 39.5 Å². The predicted octanol–water partition coefficient (Wildman–Crippen LogP) is 3.82. The lowest BCUT2D eigenvalue weighted by Crippen LogP contribution is -2.23. The minimum atomic E-state index is -0.0599. The molecule has 76 valence electrons. The average Bonchev–Trinajstić information content (AvgIpc) is 2.74. The molecule has 0 radical (unpaired) electrons. The molecule has 0 unspecified atom stereocenters. The Morgan fingerprint density at radius 1 is 1.43 bits per heavy atom. The quantitative estimate of drug-likeness (QED) is 0.675. The fourth-order valence-electron chi connectivity index (χ4n) is 2.26. The van der Waals surface area contributed by atoms with Crippen molar-refractivity contribution in [3.05, 3.63) is 21.9 Å². The van der Waals surface area contributed by atoms with Crippen molar-refractivity contribution in [2.24, 2.45) is 5.41 Å². The highest BCUT2D eigenvalue weighted by atomic mass is 32.1. The van der Waals surface area contributed by atoms with E-state index in [0.717, 1.165) is 23.3 Å². The molecule has 1 aliphatic rings. The predicted molar refractivity (Wildman–Crippen MR) is 60.0 cm³/mol. The fourth-order valence-corrected chi connectivity index (χ4v) is 3.28. The van der Waals surface area contributed by atoms with E-state index in [1.807, 2.05) is 18.4 Å². The molecule has 1 aliphatic carbocycles. The van der Waals surface area contributed by atoms with Crippen molar-refractivity contribution < 1.29 is 4.79 Å². The van der Waals surface area contributed by atoms with Gasteiger partial charge in [0.2, 0.25) is 0 Å². The third kappa shape index (κ3) is 1.52. The summed E-state index contributed by atoms with van der Waals surface area (Å²) >= 11 is 1.59. The second-order valence-electron chi connectivity index (χ2n) is 4.53. The van der Waals surface area contributed by atoms with Crippen LogP contribution in [0.4, 0.5) is 0 Å². The fraction of sp³-hybridized carbons (Fsp3) is 0.583. The zero-order chi connectivity index (χ0) is 10.2. The van der Waals surface area contributed by atoms with Crippen LogP contribution in [0.2, 0.25) is 0 Å². The highest BCUT2D eigenvalue weighted by Crippen LogP contribution is 2.41. The molecule has 1 heterocycles. The molecule has 0 saturated heterocycles. The summed E-state index contributed by atoms with van der Waals surface area (Å²) in [6.45, 7) is 4.16. The third-order valence-corrected chi connectivity index (χ3v) is 4.34. The first-order valence-corrected chi connectivity index (χ1v) is 6.10. The van der Waals surface area contributed by atoms with Crippen LogP contribution in [-0.4, -0.2) is 5.78 Å². The molecular formula is C12H16OS. The molecule has 0 spiro atoms. The Bertz CT molecular complexity index is 345. The Morgan fingerprint density at radius 2 is 2.07 bits per heavy atom. The van der Waals surface area contributed by atoms with Gasteiger partial charge >= 0.3 is 0 Å². The molecule has 14 heavy (non-hydrogen) atoms. The van der Waals surface area contributed by atoms with Crippen LogP contribution in [-0.2, 0) is 0 Å². The maximum absolute atomic E-state index is 12.3. The van der Waals surface area contributed by atoms with Crippen molar-refractivity contribution in [3.63, 3.8) is 0 Å². The van der Waals surface area contributed by atoms with E-state index >= 15 is 0 Å². The highest BCUT2D eigenvalue weighted by Gasteiger charge is 2.37. The van der Waals surface area contributed by atoms with Crippen LogP contribution in [0.5, 0.6) is 0 Å². The maximum Gasteiger partial charge on any atom is 0.178 e. The Hall–Kier alpha value is -0.630. The lowest BCUT2D eigenvalue weighted by molar-refractivity contribution is 0.0827. The summed E-state index contributed by atoms with van der Waals surface area (Å²) in [6.07, 6.45) is 4.58. The van der Waals surface area contributed by atoms with Crippen molar-refractivity contribution in [1.29, 1.82) is 0 Å². The number of thiophene rings is 1. The monoisotopic (exact) mass is 208 g/mol. The number of carbonyl (C=O) groups excluding carboxylic acids is 1. The molecule has 0 N–H and O–H groups in total. The molecule has 2 heteroatoms.